The fraction of sp³-hybridized carbons (Fsp3) is 0.182. The van der Waals surface area contributed by atoms with Crippen molar-refractivity contribution in [2.24, 2.45) is 0 Å². The first-order valence-corrected chi connectivity index (χ1v) is 10.0. The molecule has 3 rings (SSSR count). The molecule has 1 heterocycles. The summed E-state index contributed by atoms with van der Waals surface area (Å²) in [5, 5.41) is 17.2. The lowest BCUT2D eigenvalue weighted by molar-refractivity contribution is -0.384. The van der Waals surface area contributed by atoms with Gasteiger partial charge in [-0.1, -0.05) is 0 Å². The molecular formula is C22H21N5O6. The lowest BCUT2D eigenvalue weighted by Crippen LogP contribution is -2.06. The summed E-state index contributed by atoms with van der Waals surface area (Å²) < 4.78 is 9.88. The van der Waals surface area contributed by atoms with Crippen molar-refractivity contribution in [2.75, 3.05) is 23.8 Å². The van der Waals surface area contributed by atoms with Crippen LogP contribution in [0.25, 0.3) is 0 Å². The zero-order valence-corrected chi connectivity index (χ0v) is 17.9. The van der Waals surface area contributed by atoms with Gasteiger partial charge in [0.1, 0.15) is 6.20 Å². The molecule has 0 amide bonds. The summed E-state index contributed by atoms with van der Waals surface area (Å²) in [5.74, 6) is -0.826. The van der Waals surface area contributed by atoms with Gasteiger partial charge >= 0.3 is 17.6 Å². The molecule has 0 bridgehead atoms. The number of nitrogens with zero attached hydrogens (tertiary/aromatic N) is 3. The Kier molecular flexibility index (Phi) is 7.47. The van der Waals surface area contributed by atoms with Gasteiger partial charge in [0.05, 0.1) is 29.3 Å². The van der Waals surface area contributed by atoms with E-state index in [1.54, 1.807) is 50.2 Å². The molecule has 0 saturated heterocycles. The smallest absolute Gasteiger partial charge is 0.338 e. The molecule has 11 nitrogen and oxygen atoms in total. The van der Waals surface area contributed by atoms with Crippen molar-refractivity contribution in [3.63, 3.8) is 0 Å². The molecular weight excluding hydrogens is 430 g/mol. The third kappa shape index (κ3) is 6.00. The minimum absolute atomic E-state index is 0.0375. The Morgan fingerprint density at radius 1 is 0.879 bits per heavy atom. The van der Waals surface area contributed by atoms with E-state index in [0.29, 0.717) is 22.5 Å². The van der Waals surface area contributed by atoms with Gasteiger partial charge in [-0.2, -0.15) is 4.98 Å². The normalized spacial score (nSPS) is 10.2. The van der Waals surface area contributed by atoms with Gasteiger partial charge in [0, 0.05) is 11.4 Å². The molecule has 1 aromatic heterocycles. The van der Waals surface area contributed by atoms with E-state index in [1.807, 2.05) is 0 Å². The van der Waals surface area contributed by atoms with E-state index in [-0.39, 0.29) is 30.7 Å². The molecule has 0 radical (unpaired) electrons. The topological polar surface area (TPSA) is 146 Å². The fourth-order valence-corrected chi connectivity index (χ4v) is 2.74. The maximum atomic E-state index is 11.8. The van der Waals surface area contributed by atoms with Crippen LogP contribution in [0.1, 0.15) is 34.6 Å². The summed E-state index contributed by atoms with van der Waals surface area (Å²) in [6, 6.07) is 12.7. The Hall–Kier alpha value is -4.54. The van der Waals surface area contributed by atoms with E-state index in [4.69, 9.17) is 9.47 Å². The molecule has 0 aliphatic carbocycles. The molecule has 0 saturated carbocycles. The zero-order valence-electron chi connectivity index (χ0n) is 17.9. The number of aromatic nitrogens is 2. The molecule has 170 valence electrons. The predicted molar refractivity (Wildman–Crippen MR) is 120 cm³/mol. The second-order valence-corrected chi connectivity index (χ2v) is 6.53. The van der Waals surface area contributed by atoms with Crippen molar-refractivity contribution in [1.29, 1.82) is 0 Å². The van der Waals surface area contributed by atoms with Crippen molar-refractivity contribution in [3.05, 3.63) is 76.0 Å². The van der Waals surface area contributed by atoms with Crippen LogP contribution in [0.5, 0.6) is 0 Å². The van der Waals surface area contributed by atoms with Crippen LogP contribution in [-0.4, -0.2) is 40.0 Å². The summed E-state index contributed by atoms with van der Waals surface area (Å²) in [6.45, 7) is 3.96. The number of rotatable bonds is 9. The fourth-order valence-electron chi connectivity index (χ4n) is 2.74. The van der Waals surface area contributed by atoms with E-state index in [2.05, 4.69) is 20.6 Å². The molecule has 3 aromatic rings. The average molecular weight is 451 g/mol. The first-order valence-electron chi connectivity index (χ1n) is 10.0. The summed E-state index contributed by atoms with van der Waals surface area (Å²) in [7, 11) is 0. The first-order chi connectivity index (χ1) is 15.9. The largest absolute Gasteiger partial charge is 0.462 e. The van der Waals surface area contributed by atoms with Crippen LogP contribution >= 0.6 is 0 Å². The van der Waals surface area contributed by atoms with Crippen LogP contribution in [0, 0.1) is 10.1 Å². The molecule has 33 heavy (non-hydrogen) atoms. The van der Waals surface area contributed by atoms with Crippen LogP contribution in [0.2, 0.25) is 0 Å². The third-order valence-electron chi connectivity index (χ3n) is 4.28. The SMILES string of the molecule is CCOC(=O)c1ccc(Nc2ncc([N+](=O)[O-])c(Nc3ccc(C(=O)OCC)cc3)n2)cc1. The summed E-state index contributed by atoms with van der Waals surface area (Å²) >= 11 is 0. The van der Waals surface area contributed by atoms with E-state index in [9.17, 15) is 19.7 Å². The number of hydrogen-bond acceptors (Lipinski definition) is 10. The highest BCUT2D eigenvalue weighted by atomic mass is 16.6. The highest BCUT2D eigenvalue weighted by molar-refractivity contribution is 5.90. The van der Waals surface area contributed by atoms with Gasteiger partial charge in [0.15, 0.2) is 0 Å². The van der Waals surface area contributed by atoms with Crippen LogP contribution < -0.4 is 10.6 Å². The quantitative estimate of drug-likeness (QED) is 0.275. The van der Waals surface area contributed by atoms with E-state index < -0.39 is 16.9 Å². The summed E-state index contributed by atoms with van der Waals surface area (Å²) in [5.41, 5.74) is 1.47. The van der Waals surface area contributed by atoms with Crippen molar-refractivity contribution in [3.8, 4) is 0 Å². The Labute approximate surface area is 188 Å². The standard InChI is InChI=1S/C22H21N5O6/c1-3-32-20(28)14-5-9-16(10-6-14)24-19-18(27(30)31)13-23-22(26-19)25-17-11-7-15(8-12-17)21(29)33-4-2/h5-13H,3-4H2,1-2H3,(H2,23,24,25,26). The number of anilines is 4. The lowest BCUT2D eigenvalue weighted by atomic mass is 10.2. The number of carbonyl (C=O) groups is 2. The van der Waals surface area contributed by atoms with Gasteiger partial charge in [-0.25, -0.2) is 14.6 Å². The van der Waals surface area contributed by atoms with Crippen LogP contribution in [0.15, 0.2) is 54.7 Å². The molecule has 0 fully saturated rings. The van der Waals surface area contributed by atoms with E-state index in [0.717, 1.165) is 6.20 Å². The second kappa shape index (κ2) is 10.7. The highest BCUT2D eigenvalue weighted by Crippen LogP contribution is 2.27. The molecule has 0 aliphatic rings. The Balaban J connectivity index is 1.79. The van der Waals surface area contributed by atoms with Crippen LogP contribution in [0.4, 0.5) is 28.8 Å². The molecule has 2 N–H and O–H groups in total. The molecule has 2 aromatic carbocycles. The molecule has 0 atom stereocenters. The van der Waals surface area contributed by atoms with Gasteiger partial charge in [0.2, 0.25) is 11.8 Å². The number of nitrogens with one attached hydrogen (secondary N) is 2. The van der Waals surface area contributed by atoms with Gasteiger partial charge in [-0.05, 0) is 62.4 Å². The van der Waals surface area contributed by atoms with Crippen molar-refractivity contribution in [1.82, 2.24) is 9.97 Å². The maximum absolute atomic E-state index is 11.8. The van der Waals surface area contributed by atoms with Gasteiger partial charge in [0.25, 0.3) is 0 Å². The van der Waals surface area contributed by atoms with Crippen molar-refractivity contribution < 1.29 is 24.0 Å². The van der Waals surface area contributed by atoms with Crippen LogP contribution in [0.3, 0.4) is 0 Å². The Morgan fingerprint density at radius 2 is 1.36 bits per heavy atom. The molecule has 11 heteroatoms. The monoisotopic (exact) mass is 451 g/mol. The number of ether oxygens (including phenoxy) is 2. The third-order valence-corrected chi connectivity index (χ3v) is 4.28. The van der Waals surface area contributed by atoms with E-state index in [1.165, 1.54) is 12.1 Å². The molecule has 0 spiro atoms. The maximum Gasteiger partial charge on any atom is 0.338 e. The lowest BCUT2D eigenvalue weighted by Gasteiger charge is -2.10. The highest BCUT2D eigenvalue weighted by Gasteiger charge is 2.18. The van der Waals surface area contributed by atoms with Gasteiger partial charge in [-0.3, -0.25) is 10.1 Å². The number of carbonyl (C=O) groups excluding carboxylic acids is 2. The Morgan fingerprint density at radius 3 is 1.82 bits per heavy atom. The number of hydrogen-bond donors (Lipinski definition) is 2. The minimum Gasteiger partial charge on any atom is -0.462 e. The number of nitro groups is 1. The predicted octanol–water partition coefficient (Wildman–Crippen LogP) is 4.23. The molecule has 0 aliphatic heterocycles. The number of esters is 2. The van der Waals surface area contributed by atoms with Gasteiger partial charge < -0.3 is 20.1 Å². The van der Waals surface area contributed by atoms with Crippen molar-refractivity contribution >= 4 is 40.8 Å². The minimum atomic E-state index is -0.604. The first kappa shape index (κ1) is 23.1. The average Bonchev–Trinajstić information content (AvgIpc) is 2.80. The second-order valence-electron chi connectivity index (χ2n) is 6.53. The zero-order chi connectivity index (χ0) is 23.8. The summed E-state index contributed by atoms with van der Waals surface area (Å²) in [4.78, 5) is 42.5. The van der Waals surface area contributed by atoms with E-state index >= 15 is 0 Å². The Bertz CT molecular complexity index is 1150. The summed E-state index contributed by atoms with van der Waals surface area (Å²) in [6.07, 6.45) is 1.08. The number of benzene rings is 2. The molecule has 0 unspecified atom stereocenters. The van der Waals surface area contributed by atoms with Crippen LogP contribution in [-0.2, 0) is 9.47 Å². The van der Waals surface area contributed by atoms with Crippen molar-refractivity contribution in [2.45, 2.75) is 13.8 Å². The van der Waals surface area contributed by atoms with Gasteiger partial charge in [-0.15, -0.1) is 0 Å².